The number of benzene rings is 1. The lowest BCUT2D eigenvalue weighted by atomic mass is 9.99. The molecule has 3 amide bonds. The van der Waals surface area contributed by atoms with Crippen molar-refractivity contribution in [2.45, 2.75) is 65.1 Å². The van der Waals surface area contributed by atoms with Crippen LogP contribution in [-0.4, -0.2) is 58.6 Å². The fourth-order valence-electron chi connectivity index (χ4n) is 3.27. The molecular weight excluding hydrogens is 428 g/mol. The normalized spacial score (nSPS) is 13.8. The van der Waals surface area contributed by atoms with E-state index in [0.29, 0.717) is 5.56 Å². The summed E-state index contributed by atoms with van der Waals surface area (Å²) in [4.78, 5) is 49.4. The molecule has 0 aliphatic carbocycles. The summed E-state index contributed by atoms with van der Waals surface area (Å²) in [7, 11) is 0. The first-order valence-corrected chi connectivity index (χ1v) is 11.0. The molecule has 0 saturated heterocycles. The van der Waals surface area contributed by atoms with E-state index >= 15 is 0 Å². The summed E-state index contributed by atoms with van der Waals surface area (Å²) in [5, 5.41) is 26.6. The van der Waals surface area contributed by atoms with Gasteiger partial charge >= 0.3 is 5.97 Å². The minimum absolute atomic E-state index is 0.0311. The number of carboxylic acid groups (broad SMARTS) is 1. The van der Waals surface area contributed by atoms with Gasteiger partial charge in [-0.25, -0.2) is 4.79 Å². The number of nitrogens with two attached hydrogens (primary N) is 1. The molecule has 10 heteroatoms. The SMILES string of the molecule is CC(C)CC(NC(=O)C(CC(C)C)NC(=O)C(Cc1ccc(O)cc1)NC(=O)CN)C(=O)O. The number of hydrogen-bond donors (Lipinski definition) is 6. The van der Waals surface area contributed by atoms with Gasteiger partial charge in [0.05, 0.1) is 6.54 Å². The Kier molecular flexibility index (Phi) is 11.3. The summed E-state index contributed by atoms with van der Waals surface area (Å²) in [6.07, 6.45) is 0.640. The molecule has 1 aromatic rings. The summed E-state index contributed by atoms with van der Waals surface area (Å²) in [6.45, 7) is 7.14. The van der Waals surface area contributed by atoms with Gasteiger partial charge in [0.1, 0.15) is 23.9 Å². The molecule has 1 rings (SSSR count). The van der Waals surface area contributed by atoms with Gasteiger partial charge in [0.2, 0.25) is 17.7 Å². The zero-order valence-electron chi connectivity index (χ0n) is 19.6. The molecule has 10 nitrogen and oxygen atoms in total. The molecule has 0 aliphatic rings. The highest BCUT2D eigenvalue weighted by Crippen LogP contribution is 2.13. The molecule has 0 radical (unpaired) electrons. The lowest BCUT2D eigenvalue weighted by Gasteiger charge is -2.26. The molecule has 0 aromatic heterocycles. The standard InChI is InChI=1S/C23H36N4O6/c1-13(2)9-17(21(30)27-19(23(32)33)10-14(3)4)26-22(31)18(25-20(29)12-24)11-15-5-7-16(28)8-6-15/h5-8,13-14,17-19,28H,9-12,24H2,1-4H3,(H,25,29)(H,26,31)(H,27,30)(H,32,33). The number of phenols is 1. The van der Waals surface area contributed by atoms with Crippen LogP contribution in [0.5, 0.6) is 5.75 Å². The maximum absolute atomic E-state index is 13.0. The van der Waals surface area contributed by atoms with Gasteiger partial charge in [-0.15, -0.1) is 0 Å². The van der Waals surface area contributed by atoms with Gasteiger partial charge in [0, 0.05) is 6.42 Å². The van der Waals surface area contributed by atoms with Crippen LogP contribution in [0.4, 0.5) is 0 Å². The molecule has 0 spiro atoms. The van der Waals surface area contributed by atoms with Crippen LogP contribution in [0.15, 0.2) is 24.3 Å². The Morgan fingerprint density at radius 3 is 1.79 bits per heavy atom. The largest absolute Gasteiger partial charge is 0.508 e. The van der Waals surface area contributed by atoms with Gasteiger partial charge in [0.15, 0.2) is 0 Å². The summed E-state index contributed by atoms with van der Waals surface area (Å²) >= 11 is 0. The van der Waals surface area contributed by atoms with Crippen molar-refractivity contribution in [2.24, 2.45) is 17.6 Å². The Hall–Kier alpha value is -3.14. The Bertz CT molecular complexity index is 810. The van der Waals surface area contributed by atoms with E-state index in [1.807, 2.05) is 27.7 Å². The van der Waals surface area contributed by atoms with E-state index in [0.717, 1.165) is 0 Å². The predicted molar refractivity (Wildman–Crippen MR) is 123 cm³/mol. The molecule has 3 atom stereocenters. The third-order valence-corrected chi connectivity index (χ3v) is 4.88. The maximum atomic E-state index is 13.0. The third-order valence-electron chi connectivity index (χ3n) is 4.88. The zero-order chi connectivity index (χ0) is 25.1. The Balaban J connectivity index is 3.03. The second-order valence-electron chi connectivity index (χ2n) is 8.91. The molecule has 184 valence electrons. The zero-order valence-corrected chi connectivity index (χ0v) is 19.6. The van der Waals surface area contributed by atoms with Gasteiger partial charge in [0.25, 0.3) is 0 Å². The number of aliphatic carboxylic acids is 1. The van der Waals surface area contributed by atoms with Crippen LogP contribution in [0, 0.1) is 11.8 Å². The molecule has 0 heterocycles. The van der Waals surface area contributed by atoms with E-state index in [1.54, 1.807) is 12.1 Å². The van der Waals surface area contributed by atoms with Crippen LogP contribution in [0.25, 0.3) is 0 Å². The van der Waals surface area contributed by atoms with E-state index in [4.69, 9.17) is 5.73 Å². The van der Waals surface area contributed by atoms with Crippen molar-refractivity contribution in [1.82, 2.24) is 16.0 Å². The van der Waals surface area contributed by atoms with E-state index < -0.39 is 41.8 Å². The third kappa shape index (κ3) is 10.3. The highest BCUT2D eigenvalue weighted by Gasteiger charge is 2.30. The molecule has 0 fully saturated rings. The number of nitrogens with one attached hydrogen (secondary N) is 3. The second kappa shape index (κ2) is 13.4. The number of carbonyl (C=O) groups is 4. The lowest BCUT2D eigenvalue weighted by Crippen LogP contribution is -2.57. The van der Waals surface area contributed by atoms with Crippen molar-refractivity contribution in [3.63, 3.8) is 0 Å². The van der Waals surface area contributed by atoms with Crippen LogP contribution in [0.1, 0.15) is 46.1 Å². The van der Waals surface area contributed by atoms with Crippen LogP contribution >= 0.6 is 0 Å². The Labute approximate surface area is 194 Å². The molecular formula is C23H36N4O6. The average molecular weight is 465 g/mol. The number of carbonyl (C=O) groups excluding carboxylic acids is 3. The van der Waals surface area contributed by atoms with Gasteiger partial charge in [-0.2, -0.15) is 0 Å². The molecule has 3 unspecified atom stereocenters. The number of amides is 3. The minimum Gasteiger partial charge on any atom is -0.508 e. The summed E-state index contributed by atoms with van der Waals surface area (Å²) in [5.74, 6) is -2.74. The van der Waals surface area contributed by atoms with Crippen LogP contribution in [-0.2, 0) is 25.6 Å². The van der Waals surface area contributed by atoms with Gasteiger partial charge < -0.3 is 31.9 Å². The van der Waals surface area contributed by atoms with Crippen LogP contribution in [0.3, 0.4) is 0 Å². The number of rotatable bonds is 13. The molecule has 7 N–H and O–H groups in total. The molecule has 1 aromatic carbocycles. The minimum atomic E-state index is -1.15. The smallest absolute Gasteiger partial charge is 0.326 e. The van der Waals surface area contributed by atoms with Gasteiger partial charge in [-0.05, 0) is 42.4 Å². The van der Waals surface area contributed by atoms with E-state index in [9.17, 15) is 29.4 Å². The van der Waals surface area contributed by atoms with E-state index in [-0.39, 0.29) is 43.4 Å². The van der Waals surface area contributed by atoms with Crippen LogP contribution < -0.4 is 21.7 Å². The highest BCUT2D eigenvalue weighted by molar-refractivity contribution is 5.93. The fraction of sp³-hybridized carbons (Fsp3) is 0.565. The quantitative estimate of drug-likeness (QED) is 0.247. The number of phenolic OH excluding ortho intramolecular Hbond substituents is 1. The van der Waals surface area contributed by atoms with Crippen molar-refractivity contribution >= 4 is 23.7 Å². The van der Waals surface area contributed by atoms with Crippen molar-refractivity contribution in [3.8, 4) is 5.75 Å². The summed E-state index contributed by atoms with van der Waals surface area (Å²) in [5.41, 5.74) is 6.05. The topological polar surface area (TPSA) is 171 Å². The molecule has 0 saturated carbocycles. The van der Waals surface area contributed by atoms with Crippen molar-refractivity contribution in [2.75, 3.05) is 6.54 Å². The van der Waals surface area contributed by atoms with Gasteiger partial charge in [-0.1, -0.05) is 39.8 Å². The fourth-order valence-corrected chi connectivity index (χ4v) is 3.27. The van der Waals surface area contributed by atoms with E-state index in [1.165, 1.54) is 12.1 Å². The monoisotopic (exact) mass is 464 g/mol. The van der Waals surface area contributed by atoms with Crippen molar-refractivity contribution in [3.05, 3.63) is 29.8 Å². The van der Waals surface area contributed by atoms with Crippen molar-refractivity contribution in [1.29, 1.82) is 0 Å². The first kappa shape index (κ1) is 27.9. The Morgan fingerprint density at radius 2 is 1.30 bits per heavy atom. The first-order valence-electron chi connectivity index (χ1n) is 11.0. The van der Waals surface area contributed by atoms with Crippen molar-refractivity contribution < 1.29 is 29.4 Å². The van der Waals surface area contributed by atoms with Gasteiger partial charge in [-0.3, -0.25) is 14.4 Å². The summed E-state index contributed by atoms with van der Waals surface area (Å²) < 4.78 is 0. The first-order chi connectivity index (χ1) is 15.4. The molecule has 0 aliphatic heterocycles. The highest BCUT2D eigenvalue weighted by atomic mass is 16.4. The Morgan fingerprint density at radius 1 is 0.818 bits per heavy atom. The maximum Gasteiger partial charge on any atom is 0.326 e. The molecule has 33 heavy (non-hydrogen) atoms. The number of carboxylic acids is 1. The van der Waals surface area contributed by atoms with Crippen LogP contribution in [0.2, 0.25) is 0 Å². The number of hydrogen-bond acceptors (Lipinski definition) is 6. The molecule has 0 bridgehead atoms. The second-order valence-corrected chi connectivity index (χ2v) is 8.91. The van der Waals surface area contributed by atoms with E-state index in [2.05, 4.69) is 16.0 Å². The predicted octanol–water partition coefficient (Wildman–Crippen LogP) is 0.525. The lowest BCUT2D eigenvalue weighted by molar-refractivity contribution is -0.143. The summed E-state index contributed by atoms with van der Waals surface area (Å²) in [6, 6.07) is 3.09. The average Bonchev–Trinajstić information content (AvgIpc) is 2.72. The number of aromatic hydroxyl groups is 1.